The van der Waals surface area contributed by atoms with Crippen LogP contribution < -0.4 is 30.0 Å². The molecule has 0 fully saturated rings. The molecule has 0 saturated carbocycles. The molecule has 10 heteroatoms. The number of methoxy groups -OCH3 is 2. The number of ether oxygens (including phenoxy) is 4. The molecule has 1 aliphatic heterocycles. The Hall–Kier alpha value is -4.31. The second-order valence-electron chi connectivity index (χ2n) is 8.13. The molecule has 0 spiro atoms. The number of carbonyl (C=O) groups is 2. The standard InChI is InChI=1S/C28H28N2O7S/c1-5-36-27(32)22-21(17-12-8-10-14-19(17)35-4)23(28(33)37-6-2)26-30(24(22)29)25(31)20(38-26)15-16-11-7-9-13-18(16)34-3/h7-15,21H,5-6,29H2,1-4H3/t21-/m1/s1. The Morgan fingerprint density at radius 3 is 2.13 bits per heavy atom. The first kappa shape index (κ1) is 26.7. The van der Waals surface area contributed by atoms with Crippen molar-refractivity contribution in [2.75, 3.05) is 27.4 Å². The number of carbonyl (C=O) groups excluding carboxylic acids is 2. The van der Waals surface area contributed by atoms with Crippen LogP contribution in [0.4, 0.5) is 0 Å². The third-order valence-electron chi connectivity index (χ3n) is 6.01. The summed E-state index contributed by atoms with van der Waals surface area (Å²) in [5.74, 6) is -1.55. The number of hydrogen-bond donors (Lipinski definition) is 1. The van der Waals surface area contributed by atoms with E-state index in [-0.39, 0.29) is 39.4 Å². The summed E-state index contributed by atoms with van der Waals surface area (Å²) in [6.07, 6.45) is 1.66. The van der Waals surface area contributed by atoms with Crippen LogP contribution in [0, 0.1) is 0 Å². The monoisotopic (exact) mass is 536 g/mol. The van der Waals surface area contributed by atoms with Crippen LogP contribution in [0.3, 0.4) is 0 Å². The fourth-order valence-electron chi connectivity index (χ4n) is 4.41. The largest absolute Gasteiger partial charge is 0.496 e. The minimum atomic E-state index is -0.999. The van der Waals surface area contributed by atoms with Crippen molar-refractivity contribution in [3.63, 3.8) is 0 Å². The highest BCUT2D eigenvalue weighted by atomic mass is 32.1. The lowest BCUT2D eigenvalue weighted by molar-refractivity contribution is -0.138. The Balaban J connectivity index is 2.15. The topological polar surface area (TPSA) is 119 Å². The van der Waals surface area contributed by atoms with E-state index in [4.69, 9.17) is 24.7 Å². The Labute approximate surface area is 223 Å². The van der Waals surface area contributed by atoms with Crippen molar-refractivity contribution in [1.82, 2.24) is 4.57 Å². The molecule has 2 heterocycles. The Kier molecular flexibility index (Phi) is 8.02. The van der Waals surface area contributed by atoms with Crippen LogP contribution in [0.1, 0.15) is 30.9 Å². The van der Waals surface area contributed by atoms with Gasteiger partial charge in [0, 0.05) is 11.1 Å². The lowest BCUT2D eigenvalue weighted by Crippen LogP contribution is -2.42. The zero-order valence-corrected chi connectivity index (χ0v) is 22.3. The van der Waals surface area contributed by atoms with Gasteiger partial charge in [-0.05, 0) is 32.1 Å². The van der Waals surface area contributed by atoms with Crippen LogP contribution in [-0.2, 0) is 19.1 Å². The van der Waals surface area contributed by atoms with Crippen molar-refractivity contribution in [1.29, 1.82) is 0 Å². The van der Waals surface area contributed by atoms with Gasteiger partial charge in [-0.1, -0.05) is 36.4 Å². The predicted molar refractivity (Wildman–Crippen MR) is 144 cm³/mol. The summed E-state index contributed by atoms with van der Waals surface area (Å²) < 4.78 is 23.5. The molecule has 198 valence electrons. The molecule has 1 aromatic heterocycles. The molecule has 3 aromatic rings. The minimum absolute atomic E-state index is 0.0457. The van der Waals surface area contributed by atoms with Gasteiger partial charge in [0.25, 0.3) is 5.56 Å². The van der Waals surface area contributed by atoms with E-state index in [9.17, 15) is 14.4 Å². The number of esters is 2. The zero-order chi connectivity index (χ0) is 27.4. The van der Waals surface area contributed by atoms with Gasteiger partial charge in [-0.2, -0.15) is 0 Å². The van der Waals surface area contributed by atoms with Crippen LogP contribution in [0.25, 0.3) is 17.5 Å². The number of hydrogen-bond acceptors (Lipinski definition) is 9. The molecule has 4 rings (SSSR count). The number of rotatable bonds is 8. The molecule has 1 aliphatic rings. The van der Waals surface area contributed by atoms with Gasteiger partial charge in [-0.25, -0.2) is 9.59 Å². The average molecular weight is 537 g/mol. The lowest BCUT2D eigenvalue weighted by Gasteiger charge is -2.28. The van der Waals surface area contributed by atoms with Crippen LogP contribution in [0.5, 0.6) is 11.5 Å². The highest BCUT2D eigenvalue weighted by molar-refractivity contribution is 7.07. The predicted octanol–water partition coefficient (Wildman–Crippen LogP) is 1.96. The second-order valence-corrected chi connectivity index (χ2v) is 9.16. The van der Waals surface area contributed by atoms with Gasteiger partial charge in [0.1, 0.15) is 22.0 Å². The van der Waals surface area contributed by atoms with Gasteiger partial charge in [-0.3, -0.25) is 9.36 Å². The SMILES string of the molecule is CCOC(=O)C1=C(N)n2c(sc(=Cc3ccccc3OC)c2=O)=C(C(=O)OCC)[C@@H]1c1ccccc1OC. The maximum Gasteiger partial charge on any atom is 0.338 e. The van der Waals surface area contributed by atoms with Crippen molar-refractivity contribution >= 4 is 40.7 Å². The van der Waals surface area contributed by atoms with Gasteiger partial charge in [0.05, 0.1) is 49.0 Å². The first-order chi connectivity index (χ1) is 18.4. The van der Waals surface area contributed by atoms with E-state index in [1.165, 1.54) is 18.8 Å². The number of para-hydroxylation sites is 2. The molecular weight excluding hydrogens is 508 g/mol. The number of aromatic nitrogens is 1. The quantitative estimate of drug-likeness (QED) is 0.434. The molecule has 9 nitrogen and oxygen atoms in total. The van der Waals surface area contributed by atoms with E-state index < -0.39 is 23.4 Å². The Morgan fingerprint density at radius 2 is 1.50 bits per heavy atom. The lowest BCUT2D eigenvalue weighted by atomic mass is 9.82. The molecule has 0 radical (unpaired) electrons. The third kappa shape index (κ3) is 4.70. The number of benzene rings is 2. The molecule has 38 heavy (non-hydrogen) atoms. The summed E-state index contributed by atoms with van der Waals surface area (Å²) in [4.78, 5) is 40.5. The maximum absolute atomic E-state index is 13.7. The number of nitrogens with two attached hydrogens (primary N) is 1. The fraction of sp³-hybridized carbons (Fsp3) is 0.250. The molecule has 0 bridgehead atoms. The molecule has 0 unspecified atom stereocenters. The summed E-state index contributed by atoms with van der Waals surface area (Å²) in [6, 6.07) is 14.2. The second kappa shape index (κ2) is 11.4. The molecule has 2 N–H and O–H groups in total. The van der Waals surface area contributed by atoms with E-state index in [0.29, 0.717) is 22.6 Å². The highest BCUT2D eigenvalue weighted by Gasteiger charge is 2.41. The minimum Gasteiger partial charge on any atom is -0.496 e. The van der Waals surface area contributed by atoms with Crippen LogP contribution in [-0.4, -0.2) is 43.9 Å². The van der Waals surface area contributed by atoms with Crippen LogP contribution in [0.2, 0.25) is 0 Å². The van der Waals surface area contributed by atoms with Gasteiger partial charge in [-0.15, -0.1) is 11.3 Å². The molecule has 1 atom stereocenters. The molecule has 2 aromatic carbocycles. The van der Waals surface area contributed by atoms with Gasteiger partial charge in [0.2, 0.25) is 0 Å². The molecule has 0 amide bonds. The van der Waals surface area contributed by atoms with Gasteiger partial charge >= 0.3 is 11.9 Å². The van der Waals surface area contributed by atoms with E-state index in [1.807, 2.05) is 12.1 Å². The average Bonchev–Trinajstić information content (AvgIpc) is 3.24. The maximum atomic E-state index is 13.7. The highest BCUT2D eigenvalue weighted by Crippen LogP contribution is 2.41. The summed E-state index contributed by atoms with van der Waals surface area (Å²) in [5, 5.41) is 0. The van der Waals surface area contributed by atoms with E-state index >= 15 is 0 Å². The normalized spacial score (nSPS) is 15.2. The van der Waals surface area contributed by atoms with Crippen molar-refractivity contribution in [2.24, 2.45) is 5.73 Å². The number of nitrogens with zero attached hydrogens (tertiary/aromatic N) is 1. The summed E-state index contributed by atoms with van der Waals surface area (Å²) in [6.45, 7) is 3.50. The molecule has 0 saturated heterocycles. The van der Waals surface area contributed by atoms with Crippen molar-refractivity contribution < 1.29 is 28.5 Å². The Morgan fingerprint density at radius 1 is 0.921 bits per heavy atom. The van der Waals surface area contributed by atoms with E-state index in [1.54, 1.807) is 56.3 Å². The van der Waals surface area contributed by atoms with Crippen LogP contribution >= 0.6 is 11.3 Å². The van der Waals surface area contributed by atoms with Crippen LogP contribution in [0.15, 0.2) is 58.9 Å². The molecule has 0 aliphatic carbocycles. The number of fused-ring (bicyclic) bond motifs is 1. The Bertz CT molecular complexity index is 1600. The zero-order valence-electron chi connectivity index (χ0n) is 21.5. The third-order valence-corrected chi connectivity index (χ3v) is 7.12. The number of thiazole rings is 1. The molecular formula is C28H28N2O7S. The van der Waals surface area contributed by atoms with Crippen molar-refractivity contribution in [2.45, 2.75) is 19.8 Å². The van der Waals surface area contributed by atoms with Crippen molar-refractivity contribution in [3.8, 4) is 11.5 Å². The summed E-state index contributed by atoms with van der Waals surface area (Å²) in [5.41, 5.74) is 7.27. The van der Waals surface area contributed by atoms with Gasteiger partial charge in [0.15, 0.2) is 0 Å². The first-order valence-corrected chi connectivity index (χ1v) is 12.8. The fourth-order valence-corrected chi connectivity index (χ4v) is 5.56. The van der Waals surface area contributed by atoms with Crippen molar-refractivity contribution in [3.05, 3.63) is 84.8 Å². The smallest absolute Gasteiger partial charge is 0.338 e. The summed E-state index contributed by atoms with van der Waals surface area (Å²) >= 11 is 1.08. The van der Waals surface area contributed by atoms with E-state index in [2.05, 4.69) is 0 Å². The van der Waals surface area contributed by atoms with E-state index in [0.717, 1.165) is 11.3 Å². The summed E-state index contributed by atoms with van der Waals surface area (Å²) in [7, 11) is 3.03. The first-order valence-electron chi connectivity index (χ1n) is 12.0. The van der Waals surface area contributed by atoms with Gasteiger partial charge < -0.3 is 24.7 Å².